The van der Waals surface area contributed by atoms with Gasteiger partial charge < -0.3 is 15.4 Å². The SMILES string of the molecule is CCNCc1ccc(OCC(=O)NC)cc1. The Balaban J connectivity index is 2.41. The molecule has 0 heterocycles. The molecule has 0 spiro atoms. The monoisotopic (exact) mass is 222 g/mol. The normalized spacial score (nSPS) is 9.88. The topological polar surface area (TPSA) is 50.4 Å². The molecular formula is C12H18N2O2. The van der Waals surface area contributed by atoms with Gasteiger partial charge in [0, 0.05) is 13.6 Å². The number of amides is 1. The first-order chi connectivity index (χ1) is 7.76. The second kappa shape index (κ2) is 6.85. The fraction of sp³-hybridized carbons (Fsp3) is 0.417. The van der Waals surface area contributed by atoms with Gasteiger partial charge in [-0.3, -0.25) is 4.79 Å². The molecule has 1 aromatic carbocycles. The first-order valence-corrected chi connectivity index (χ1v) is 5.39. The van der Waals surface area contributed by atoms with E-state index in [0.29, 0.717) is 5.75 Å². The fourth-order valence-electron chi connectivity index (χ4n) is 1.19. The molecule has 0 aliphatic carbocycles. The minimum atomic E-state index is -0.128. The minimum Gasteiger partial charge on any atom is -0.484 e. The van der Waals surface area contributed by atoms with Crippen LogP contribution in [0.2, 0.25) is 0 Å². The number of carbonyl (C=O) groups is 1. The van der Waals surface area contributed by atoms with Crippen LogP contribution in [-0.2, 0) is 11.3 Å². The van der Waals surface area contributed by atoms with Gasteiger partial charge in [-0.25, -0.2) is 0 Å². The average Bonchev–Trinajstić information content (AvgIpc) is 2.34. The van der Waals surface area contributed by atoms with Gasteiger partial charge in [-0.05, 0) is 24.2 Å². The lowest BCUT2D eigenvalue weighted by molar-refractivity contribution is -0.122. The number of rotatable bonds is 6. The summed E-state index contributed by atoms with van der Waals surface area (Å²) >= 11 is 0. The molecule has 0 aliphatic heterocycles. The van der Waals surface area contributed by atoms with Crippen molar-refractivity contribution in [3.63, 3.8) is 0 Å². The summed E-state index contributed by atoms with van der Waals surface area (Å²) in [7, 11) is 1.59. The maximum atomic E-state index is 10.9. The van der Waals surface area contributed by atoms with Gasteiger partial charge in [0.05, 0.1) is 0 Å². The number of nitrogens with one attached hydrogen (secondary N) is 2. The largest absolute Gasteiger partial charge is 0.484 e. The van der Waals surface area contributed by atoms with Crippen LogP contribution in [0.15, 0.2) is 24.3 Å². The molecule has 0 atom stereocenters. The van der Waals surface area contributed by atoms with Crippen LogP contribution in [0, 0.1) is 0 Å². The Morgan fingerprint density at radius 1 is 1.31 bits per heavy atom. The molecule has 16 heavy (non-hydrogen) atoms. The summed E-state index contributed by atoms with van der Waals surface area (Å²) in [5.74, 6) is 0.584. The lowest BCUT2D eigenvalue weighted by atomic mass is 10.2. The van der Waals surface area contributed by atoms with Crippen LogP contribution in [0.5, 0.6) is 5.75 Å². The van der Waals surface area contributed by atoms with Gasteiger partial charge in [-0.1, -0.05) is 19.1 Å². The Kier molecular flexibility index (Phi) is 5.36. The molecule has 4 nitrogen and oxygen atoms in total. The van der Waals surface area contributed by atoms with E-state index in [1.54, 1.807) is 7.05 Å². The predicted molar refractivity (Wildman–Crippen MR) is 63.4 cm³/mol. The molecular weight excluding hydrogens is 204 g/mol. The van der Waals surface area contributed by atoms with Crippen LogP contribution in [0.25, 0.3) is 0 Å². The van der Waals surface area contributed by atoms with Crippen molar-refractivity contribution in [1.82, 2.24) is 10.6 Å². The van der Waals surface area contributed by atoms with Gasteiger partial charge in [-0.15, -0.1) is 0 Å². The zero-order valence-corrected chi connectivity index (χ0v) is 9.75. The van der Waals surface area contributed by atoms with E-state index in [1.807, 2.05) is 24.3 Å². The Labute approximate surface area is 96.0 Å². The van der Waals surface area contributed by atoms with Gasteiger partial charge in [0.2, 0.25) is 0 Å². The van der Waals surface area contributed by atoms with E-state index in [1.165, 1.54) is 5.56 Å². The molecule has 0 saturated heterocycles. The van der Waals surface area contributed by atoms with Gasteiger partial charge in [0.25, 0.3) is 5.91 Å². The van der Waals surface area contributed by atoms with Gasteiger partial charge in [-0.2, -0.15) is 0 Å². The zero-order valence-electron chi connectivity index (χ0n) is 9.75. The molecule has 2 N–H and O–H groups in total. The zero-order chi connectivity index (χ0) is 11.8. The predicted octanol–water partition coefficient (Wildman–Crippen LogP) is 0.921. The van der Waals surface area contributed by atoms with E-state index in [9.17, 15) is 4.79 Å². The molecule has 0 fully saturated rings. The Morgan fingerprint density at radius 2 is 2.00 bits per heavy atom. The first-order valence-electron chi connectivity index (χ1n) is 5.39. The molecule has 4 heteroatoms. The van der Waals surface area contributed by atoms with Gasteiger partial charge >= 0.3 is 0 Å². The third kappa shape index (κ3) is 4.31. The molecule has 0 bridgehead atoms. The summed E-state index contributed by atoms with van der Waals surface area (Å²) in [5.41, 5.74) is 1.20. The molecule has 0 aromatic heterocycles. The van der Waals surface area contributed by atoms with Crippen molar-refractivity contribution in [1.29, 1.82) is 0 Å². The molecule has 0 radical (unpaired) electrons. The molecule has 1 amide bonds. The highest BCUT2D eigenvalue weighted by Gasteiger charge is 1.99. The summed E-state index contributed by atoms with van der Waals surface area (Å²) in [6.45, 7) is 3.94. The van der Waals surface area contributed by atoms with Crippen molar-refractivity contribution < 1.29 is 9.53 Å². The summed E-state index contributed by atoms with van der Waals surface area (Å²) in [6, 6.07) is 7.72. The second-order valence-electron chi connectivity index (χ2n) is 3.39. The van der Waals surface area contributed by atoms with Crippen molar-refractivity contribution in [3.05, 3.63) is 29.8 Å². The van der Waals surface area contributed by atoms with E-state index in [-0.39, 0.29) is 12.5 Å². The summed E-state index contributed by atoms with van der Waals surface area (Å²) in [5, 5.41) is 5.74. The number of likely N-dealkylation sites (N-methyl/N-ethyl adjacent to an activating group) is 1. The van der Waals surface area contributed by atoms with E-state index in [4.69, 9.17) is 4.74 Å². The van der Waals surface area contributed by atoms with Crippen molar-refractivity contribution in [2.75, 3.05) is 20.2 Å². The second-order valence-corrected chi connectivity index (χ2v) is 3.39. The van der Waals surface area contributed by atoms with E-state index < -0.39 is 0 Å². The van der Waals surface area contributed by atoms with Crippen LogP contribution >= 0.6 is 0 Å². The lowest BCUT2D eigenvalue weighted by Gasteiger charge is -2.06. The fourth-order valence-corrected chi connectivity index (χ4v) is 1.19. The standard InChI is InChI=1S/C12H18N2O2/c1-3-14-8-10-4-6-11(7-5-10)16-9-12(15)13-2/h4-7,14H,3,8-9H2,1-2H3,(H,13,15). The smallest absolute Gasteiger partial charge is 0.257 e. The first kappa shape index (κ1) is 12.5. The van der Waals surface area contributed by atoms with E-state index in [0.717, 1.165) is 13.1 Å². The molecule has 0 aliphatic rings. The Bertz CT molecular complexity index is 322. The third-order valence-corrected chi connectivity index (χ3v) is 2.15. The molecule has 1 rings (SSSR count). The number of carbonyl (C=O) groups excluding carboxylic acids is 1. The van der Waals surface area contributed by atoms with E-state index >= 15 is 0 Å². The quantitative estimate of drug-likeness (QED) is 0.752. The highest BCUT2D eigenvalue weighted by atomic mass is 16.5. The minimum absolute atomic E-state index is 0.0586. The van der Waals surface area contributed by atoms with Gasteiger partial charge in [0.15, 0.2) is 6.61 Å². The maximum Gasteiger partial charge on any atom is 0.257 e. The van der Waals surface area contributed by atoms with E-state index in [2.05, 4.69) is 17.6 Å². The van der Waals surface area contributed by atoms with Crippen LogP contribution in [0.3, 0.4) is 0 Å². The number of benzene rings is 1. The Morgan fingerprint density at radius 3 is 2.56 bits per heavy atom. The van der Waals surface area contributed by atoms with Crippen molar-refractivity contribution in [2.24, 2.45) is 0 Å². The molecule has 88 valence electrons. The number of hydrogen-bond acceptors (Lipinski definition) is 3. The number of hydrogen-bond donors (Lipinski definition) is 2. The molecule has 0 unspecified atom stereocenters. The van der Waals surface area contributed by atoms with Crippen molar-refractivity contribution >= 4 is 5.91 Å². The van der Waals surface area contributed by atoms with Crippen LogP contribution in [0.1, 0.15) is 12.5 Å². The highest BCUT2D eigenvalue weighted by Crippen LogP contribution is 2.11. The van der Waals surface area contributed by atoms with Crippen LogP contribution in [0.4, 0.5) is 0 Å². The highest BCUT2D eigenvalue weighted by molar-refractivity contribution is 5.77. The van der Waals surface area contributed by atoms with Crippen molar-refractivity contribution in [3.8, 4) is 5.75 Å². The summed E-state index contributed by atoms with van der Waals surface area (Å²) < 4.78 is 5.29. The molecule has 1 aromatic rings. The third-order valence-electron chi connectivity index (χ3n) is 2.15. The average molecular weight is 222 g/mol. The summed E-state index contributed by atoms with van der Waals surface area (Å²) in [6.07, 6.45) is 0. The lowest BCUT2D eigenvalue weighted by Crippen LogP contribution is -2.24. The van der Waals surface area contributed by atoms with Crippen LogP contribution in [-0.4, -0.2) is 26.1 Å². The number of ether oxygens (including phenoxy) is 1. The van der Waals surface area contributed by atoms with Gasteiger partial charge in [0.1, 0.15) is 5.75 Å². The molecule has 0 saturated carbocycles. The summed E-state index contributed by atoms with van der Waals surface area (Å²) in [4.78, 5) is 10.9. The van der Waals surface area contributed by atoms with Crippen molar-refractivity contribution in [2.45, 2.75) is 13.5 Å². The van der Waals surface area contributed by atoms with Crippen LogP contribution < -0.4 is 15.4 Å². The maximum absolute atomic E-state index is 10.9. The Hall–Kier alpha value is -1.55.